The molecule has 1 saturated heterocycles. The molecule has 0 aliphatic carbocycles. The first-order valence-corrected chi connectivity index (χ1v) is 7.49. The molecule has 1 aromatic heterocycles. The van der Waals surface area contributed by atoms with Gasteiger partial charge in [0, 0.05) is 18.3 Å². The molecule has 0 aromatic carbocycles. The van der Waals surface area contributed by atoms with E-state index in [2.05, 4.69) is 28.9 Å². The van der Waals surface area contributed by atoms with Gasteiger partial charge in [0.2, 0.25) is 0 Å². The molecule has 1 fully saturated rings. The zero-order valence-electron chi connectivity index (χ0n) is 11.5. The third-order valence-electron chi connectivity index (χ3n) is 3.52. The molecule has 0 radical (unpaired) electrons. The number of hydrogen-bond donors (Lipinski definition) is 1. The predicted molar refractivity (Wildman–Crippen MR) is 75.6 cm³/mol. The molecule has 2 rings (SSSR count). The first-order valence-electron chi connectivity index (χ1n) is 6.61. The molecule has 1 atom stereocenters. The number of aryl methyl sites for hydroxylation is 1. The molecular weight excluding hydrogens is 262 g/mol. The zero-order chi connectivity index (χ0) is 13.8. The van der Waals surface area contributed by atoms with Crippen molar-refractivity contribution in [3.05, 3.63) is 16.1 Å². The maximum Gasteiger partial charge on any atom is 0.303 e. The molecule has 0 saturated carbocycles. The zero-order valence-corrected chi connectivity index (χ0v) is 12.3. The summed E-state index contributed by atoms with van der Waals surface area (Å²) in [5.41, 5.74) is 0.905. The van der Waals surface area contributed by atoms with Crippen LogP contribution in [-0.4, -0.2) is 59.6 Å². The lowest BCUT2D eigenvalue weighted by Gasteiger charge is -2.25. The second-order valence-electron chi connectivity index (χ2n) is 5.18. The van der Waals surface area contributed by atoms with Crippen LogP contribution in [0.2, 0.25) is 0 Å². The Hall–Kier alpha value is -0.980. The van der Waals surface area contributed by atoms with Crippen LogP contribution >= 0.6 is 11.3 Å². The van der Waals surface area contributed by atoms with Gasteiger partial charge in [-0.3, -0.25) is 9.69 Å². The molecule has 1 aliphatic rings. The Morgan fingerprint density at radius 1 is 1.53 bits per heavy atom. The molecule has 0 bridgehead atoms. The molecule has 5 nitrogen and oxygen atoms in total. The van der Waals surface area contributed by atoms with Gasteiger partial charge in [0.1, 0.15) is 5.01 Å². The number of rotatable bonds is 4. The smallest absolute Gasteiger partial charge is 0.303 e. The van der Waals surface area contributed by atoms with Crippen molar-refractivity contribution in [2.75, 3.05) is 33.7 Å². The highest BCUT2D eigenvalue weighted by Gasteiger charge is 2.24. The highest BCUT2D eigenvalue weighted by Crippen LogP contribution is 2.26. The van der Waals surface area contributed by atoms with Crippen LogP contribution in [0, 0.1) is 0 Å². The summed E-state index contributed by atoms with van der Waals surface area (Å²) in [6.45, 7) is 3.19. The highest BCUT2D eigenvalue weighted by atomic mass is 32.1. The van der Waals surface area contributed by atoms with Gasteiger partial charge >= 0.3 is 5.97 Å². The van der Waals surface area contributed by atoms with E-state index in [9.17, 15) is 4.79 Å². The number of likely N-dealkylation sites (N-methyl/N-ethyl adjacent to an activating group) is 2. The molecule has 2 heterocycles. The summed E-state index contributed by atoms with van der Waals surface area (Å²) in [6, 6.07) is 0.330. The second kappa shape index (κ2) is 6.45. The average Bonchev–Trinajstić information content (AvgIpc) is 2.75. The Labute approximate surface area is 117 Å². The van der Waals surface area contributed by atoms with Crippen molar-refractivity contribution in [1.82, 2.24) is 14.8 Å². The van der Waals surface area contributed by atoms with Gasteiger partial charge in [-0.15, -0.1) is 11.3 Å². The fraction of sp³-hybridized carbons (Fsp3) is 0.692. The predicted octanol–water partition coefficient (Wildman–Crippen LogP) is 1.47. The average molecular weight is 283 g/mol. The minimum atomic E-state index is -0.763. The van der Waals surface area contributed by atoms with Crippen molar-refractivity contribution in [2.45, 2.75) is 25.3 Å². The number of nitrogens with zero attached hydrogens (tertiary/aromatic N) is 3. The number of aromatic nitrogens is 1. The van der Waals surface area contributed by atoms with E-state index < -0.39 is 5.97 Å². The topological polar surface area (TPSA) is 56.7 Å². The monoisotopic (exact) mass is 283 g/mol. The standard InChI is InChI=1S/C13H21N3O2S/c1-15-6-3-7-16(2)11(8-15)13-14-10(9-19-13)4-5-12(17)18/h9,11H,3-8H2,1-2H3,(H,17,18). The molecule has 1 aromatic rings. The van der Waals surface area contributed by atoms with Gasteiger partial charge in [-0.25, -0.2) is 4.98 Å². The first-order chi connectivity index (χ1) is 9.06. The van der Waals surface area contributed by atoms with E-state index in [1.165, 1.54) is 6.42 Å². The van der Waals surface area contributed by atoms with Crippen LogP contribution < -0.4 is 0 Å². The van der Waals surface area contributed by atoms with Gasteiger partial charge in [-0.1, -0.05) is 0 Å². The number of hydrogen-bond acceptors (Lipinski definition) is 5. The van der Waals surface area contributed by atoms with Crippen molar-refractivity contribution in [3.8, 4) is 0 Å². The van der Waals surface area contributed by atoms with Gasteiger partial charge < -0.3 is 10.0 Å². The Bertz CT molecular complexity index is 435. The van der Waals surface area contributed by atoms with E-state index in [4.69, 9.17) is 5.11 Å². The number of carboxylic acid groups (broad SMARTS) is 1. The van der Waals surface area contributed by atoms with E-state index in [1.807, 2.05) is 5.38 Å². The lowest BCUT2D eigenvalue weighted by molar-refractivity contribution is -0.136. The fourth-order valence-electron chi connectivity index (χ4n) is 2.36. The first kappa shape index (κ1) is 14.4. The van der Waals surface area contributed by atoms with Crippen molar-refractivity contribution in [2.24, 2.45) is 0 Å². The maximum atomic E-state index is 10.6. The summed E-state index contributed by atoms with van der Waals surface area (Å²) in [4.78, 5) is 19.9. The van der Waals surface area contributed by atoms with Gasteiger partial charge in [-0.2, -0.15) is 0 Å². The van der Waals surface area contributed by atoms with Crippen LogP contribution in [0.3, 0.4) is 0 Å². The summed E-state index contributed by atoms with van der Waals surface area (Å²) in [7, 11) is 4.28. The SMILES string of the molecule is CN1CCCN(C)C(c2nc(CCC(=O)O)cs2)C1. The molecular formula is C13H21N3O2S. The lowest BCUT2D eigenvalue weighted by atomic mass is 10.2. The highest BCUT2D eigenvalue weighted by molar-refractivity contribution is 7.09. The quantitative estimate of drug-likeness (QED) is 0.907. The lowest BCUT2D eigenvalue weighted by Crippen LogP contribution is -2.30. The van der Waals surface area contributed by atoms with Crippen molar-refractivity contribution in [3.63, 3.8) is 0 Å². The largest absolute Gasteiger partial charge is 0.481 e. The van der Waals surface area contributed by atoms with Gasteiger partial charge in [0.15, 0.2) is 0 Å². The van der Waals surface area contributed by atoms with Crippen LogP contribution in [0.1, 0.15) is 29.6 Å². The molecule has 19 heavy (non-hydrogen) atoms. The number of thiazole rings is 1. The van der Waals surface area contributed by atoms with Crippen LogP contribution in [0.15, 0.2) is 5.38 Å². The van der Waals surface area contributed by atoms with Crippen LogP contribution in [0.25, 0.3) is 0 Å². The minimum absolute atomic E-state index is 0.156. The van der Waals surface area contributed by atoms with Crippen molar-refractivity contribution in [1.29, 1.82) is 0 Å². The number of aliphatic carboxylic acids is 1. The molecule has 1 unspecified atom stereocenters. The Morgan fingerprint density at radius 3 is 3.05 bits per heavy atom. The van der Waals surface area contributed by atoms with E-state index in [0.29, 0.717) is 12.5 Å². The number of carbonyl (C=O) groups is 1. The van der Waals surface area contributed by atoms with Gasteiger partial charge in [0.05, 0.1) is 18.2 Å². The summed E-state index contributed by atoms with van der Waals surface area (Å²) < 4.78 is 0. The van der Waals surface area contributed by atoms with Crippen LogP contribution in [0.4, 0.5) is 0 Å². The molecule has 0 spiro atoms. The van der Waals surface area contributed by atoms with Crippen molar-refractivity contribution < 1.29 is 9.90 Å². The maximum absolute atomic E-state index is 10.6. The summed E-state index contributed by atoms with van der Waals surface area (Å²) in [5.74, 6) is -0.763. The molecule has 6 heteroatoms. The second-order valence-corrected chi connectivity index (χ2v) is 6.07. The third kappa shape index (κ3) is 3.99. The van der Waals surface area contributed by atoms with E-state index >= 15 is 0 Å². The Morgan fingerprint density at radius 2 is 2.32 bits per heavy atom. The molecule has 1 aliphatic heterocycles. The van der Waals surface area contributed by atoms with E-state index in [0.717, 1.165) is 30.3 Å². The minimum Gasteiger partial charge on any atom is -0.481 e. The van der Waals surface area contributed by atoms with Crippen molar-refractivity contribution >= 4 is 17.3 Å². The fourth-order valence-corrected chi connectivity index (χ4v) is 3.37. The normalized spacial score (nSPS) is 22.3. The van der Waals surface area contributed by atoms with Gasteiger partial charge in [-0.05, 0) is 33.6 Å². The van der Waals surface area contributed by atoms with Crippen LogP contribution in [0.5, 0.6) is 0 Å². The van der Waals surface area contributed by atoms with Crippen LogP contribution in [-0.2, 0) is 11.2 Å². The number of carboxylic acids is 1. The van der Waals surface area contributed by atoms with E-state index in [1.54, 1.807) is 11.3 Å². The summed E-state index contributed by atoms with van der Waals surface area (Å²) >= 11 is 1.65. The summed E-state index contributed by atoms with van der Waals surface area (Å²) in [6.07, 6.45) is 1.86. The van der Waals surface area contributed by atoms with E-state index in [-0.39, 0.29) is 6.42 Å². The third-order valence-corrected chi connectivity index (χ3v) is 4.51. The molecule has 1 N–H and O–H groups in total. The molecule has 0 amide bonds. The van der Waals surface area contributed by atoms with Gasteiger partial charge in [0.25, 0.3) is 0 Å². The Balaban J connectivity index is 2.05. The molecule has 106 valence electrons. The summed E-state index contributed by atoms with van der Waals surface area (Å²) in [5, 5.41) is 11.8. The Kier molecular flexibility index (Phi) is 4.90.